The van der Waals surface area contributed by atoms with Gasteiger partial charge in [-0.25, -0.2) is 8.42 Å². The molecule has 0 radical (unpaired) electrons. The van der Waals surface area contributed by atoms with Crippen molar-refractivity contribution in [1.29, 1.82) is 0 Å². The summed E-state index contributed by atoms with van der Waals surface area (Å²) in [6, 6.07) is 8.84. The molecule has 0 saturated heterocycles. The molecule has 1 aromatic carbocycles. The number of rotatable bonds is 2. The molecule has 0 atom stereocenters. The van der Waals surface area contributed by atoms with Crippen molar-refractivity contribution < 1.29 is 8.42 Å². The third-order valence-corrected chi connectivity index (χ3v) is 5.60. The highest BCUT2D eigenvalue weighted by atomic mass is 79.9. The SMILES string of the molecule is Cc1ccc(S(=O)(=O)N2Cc3cc(Br)cnc3C2)cc1. The molecule has 2 heterocycles. The minimum Gasteiger partial charge on any atom is -0.258 e. The second-order valence-electron chi connectivity index (χ2n) is 4.85. The summed E-state index contributed by atoms with van der Waals surface area (Å²) in [7, 11) is -3.46. The fourth-order valence-electron chi connectivity index (χ4n) is 2.23. The van der Waals surface area contributed by atoms with Crippen LogP contribution < -0.4 is 0 Å². The molecule has 0 amide bonds. The first kappa shape index (κ1) is 13.7. The van der Waals surface area contributed by atoms with E-state index in [1.54, 1.807) is 18.3 Å². The average molecular weight is 353 g/mol. The Kier molecular flexibility index (Phi) is 3.40. The zero-order valence-corrected chi connectivity index (χ0v) is 13.3. The molecule has 0 saturated carbocycles. The van der Waals surface area contributed by atoms with Crippen LogP contribution in [0.5, 0.6) is 0 Å². The van der Waals surface area contributed by atoms with Crippen molar-refractivity contribution in [3.8, 4) is 0 Å². The zero-order valence-electron chi connectivity index (χ0n) is 10.9. The third-order valence-electron chi connectivity index (χ3n) is 3.36. The minimum atomic E-state index is -3.46. The van der Waals surface area contributed by atoms with E-state index in [2.05, 4.69) is 20.9 Å². The number of hydrogen-bond acceptors (Lipinski definition) is 3. The van der Waals surface area contributed by atoms with Crippen molar-refractivity contribution in [2.45, 2.75) is 24.9 Å². The van der Waals surface area contributed by atoms with Crippen molar-refractivity contribution in [3.63, 3.8) is 0 Å². The molecule has 0 fully saturated rings. The Bertz CT molecular complexity index is 757. The predicted molar refractivity (Wildman–Crippen MR) is 79.5 cm³/mol. The molecule has 1 aliphatic heterocycles. The van der Waals surface area contributed by atoms with E-state index in [9.17, 15) is 8.42 Å². The summed E-state index contributed by atoms with van der Waals surface area (Å²) in [5.41, 5.74) is 2.82. The van der Waals surface area contributed by atoms with Crippen LogP contribution in [0, 0.1) is 6.92 Å². The molecule has 0 bridgehead atoms. The van der Waals surface area contributed by atoms with E-state index < -0.39 is 10.0 Å². The number of pyridine rings is 1. The van der Waals surface area contributed by atoms with Crippen molar-refractivity contribution in [2.75, 3.05) is 0 Å². The first-order valence-electron chi connectivity index (χ1n) is 6.17. The fourth-order valence-corrected chi connectivity index (χ4v) is 3.99. The van der Waals surface area contributed by atoms with Gasteiger partial charge in [0.15, 0.2) is 0 Å². The monoisotopic (exact) mass is 352 g/mol. The maximum atomic E-state index is 12.6. The largest absolute Gasteiger partial charge is 0.258 e. The van der Waals surface area contributed by atoms with Crippen LogP contribution in [0.3, 0.4) is 0 Å². The maximum Gasteiger partial charge on any atom is 0.243 e. The molecule has 2 aromatic rings. The number of nitrogens with zero attached hydrogens (tertiary/aromatic N) is 2. The van der Waals surface area contributed by atoms with Crippen LogP contribution in [0.4, 0.5) is 0 Å². The molecule has 20 heavy (non-hydrogen) atoms. The molecule has 6 heteroatoms. The Labute approximate surface area is 126 Å². The standard InChI is InChI=1S/C14H13BrN2O2S/c1-10-2-4-13(5-3-10)20(18,19)17-8-11-6-12(15)7-16-14(11)9-17/h2-7H,8-9H2,1H3. The van der Waals surface area contributed by atoms with Gasteiger partial charge in [0.1, 0.15) is 0 Å². The molecule has 1 aromatic heterocycles. The lowest BCUT2D eigenvalue weighted by Gasteiger charge is -2.15. The number of aryl methyl sites for hydroxylation is 1. The van der Waals surface area contributed by atoms with Gasteiger partial charge in [-0.1, -0.05) is 17.7 Å². The average Bonchev–Trinajstić information content (AvgIpc) is 2.83. The molecule has 104 valence electrons. The molecule has 0 aliphatic carbocycles. The Morgan fingerprint density at radius 2 is 1.90 bits per heavy atom. The maximum absolute atomic E-state index is 12.6. The summed E-state index contributed by atoms with van der Waals surface area (Å²) >= 11 is 3.36. The van der Waals surface area contributed by atoms with Gasteiger partial charge in [0.25, 0.3) is 0 Å². The van der Waals surface area contributed by atoms with E-state index in [4.69, 9.17) is 0 Å². The van der Waals surface area contributed by atoms with Crippen LogP contribution in [0.25, 0.3) is 0 Å². The van der Waals surface area contributed by atoms with E-state index in [-0.39, 0.29) is 0 Å². The highest BCUT2D eigenvalue weighted by molar-refractivity contribution is 9.10. The molecule has 4 nitrogen and oxygen atoms in total. The quantitative estimate of drug-likeness (QED) is 0.834. The number of aromatic nitrogens is 1. The van der Waals surface area contributed by atoms with E-state index in [0.717, 1.165) is 21.3 Å². The lowest BCUT2D eigenvalue weighted by Crippen LogP contribution is -2.25. The van der Waals surface area contributed by atoms with Crippen LogP contribution in [0.1, 0.15) is 16.8 Å². The molecular weight excluding hydrogens is 340 g/mol. The fraction of sp³-hybridized carbons (Fsp3) is 0.214. The summed E-state index contributed by atoms with van der Waals surface area (Å²) in [6.07, 6.45) is 1.70. The Balaban J connectivity index is 1.93. The minimum absolute atomic E-state index is 0.329. The van der Waals surface area contributed by atoms with Crippen LogP contribution in [0.2, 0.25) is 0 Å². The molecule has 0 N–H and O–H groups in total. The van der Waals surface area contributed by atoms with Crippen molar-refractivity contribution in [2.24, 2.45) is 0 Å². The smallest absolute Gasteiger partial charge is 0.243 e. The molecule has 0 unspecified atom stereocenters. The van der Waals surface area contributed by atoms with Gasteiger partial charge >= 0.3 is 0 Å². The predicted octanol–water partition coefficient (Wildman–Crippen LogP) is 2.86. The lowest BCUT2D eigenvalue weighted by molar-refractivity contribution is 0.429. The van der Waals surface area contributed by atoms with Gasteiger partial charge in [-0.15, -0.1) is 0 Å². The van der Waals surface area contributed by atoms with E-state index in [1.807, 2.05) is 25.1 Å². The van der Waals surface area contributed by atoms with Gasteiger partial charge in [0, 0.05) is 17.2 Å². The summed E-state index contributed by atoms with van der Waals surface area (Å²) in [4.78, 5) is 4.61. The van der Waals surface area contributed by atoms with Crippen LogP contribution >= 0.6 is 15.9 Å². The first-order valence-corrected chi connectivity index (χ1v) is 8.40. The van der Waals surface area contributed by atoms with Crippen LogP contribution in [-0.2, 0) is 23.1 Å². The van der Waals surface area contributed by atoms with Gasteiger partial charge in [0.2, 0.25) is 10.0 Å². The number of fused-ring (bicyclic) bond motifs is 1. The highest BCUT2D eigenvalue weighted by Crippen LogP contribution is 2.28. The summed E-state index contributed by atoms with van der Waals surface area (Å²) in [5.74, 6) is 0. The highest BCUT2D eigenvalue weighted by Gasteiger charge is 2.31. The normalized spacial score (nSPS) is 15.3. The van der Waals surface area contributed by atoms with E-state index in [0.29, 0.717) is 18.0 Å². The summed E-state index contributed by atoms with van der Waals surface area (Å²) in [5, 5.41) is 0. The number of sulfonamides is 1. The van der Waals surface area contributed by atoms with E-state index in [1.165, 1.54) is 4.31 Å². The van der Waals surface area contributed by atoms with Crippen LogP contribution in [0.15, 0.2) is 45.9 Å². The zero-order chi connectivity index (χ0) is 14.3. The van der Waals surface area contributed by atoms with Crippen LogP contribution in [-0.4, -0.2) is 17.7 Å². The number of hydrogen-bond donors (Lipinski definition) is 0. The molecule has 1 aliphatic rings. The first-order chi connectivity index (χ1) is 9.46. The summed E-state index contributed by atoms with van der Waals surface area (Å²) in [6.45, 7) is 2.64. The van der Waals surface area contributed by atoms with Gasteiger partial charge in [-0.05, 0) is 46.6 Å². The van der Waals surface area contributed by atoms with Gasteiger partial charge in [0.05, 0.1) is 17.1 Å². The van der Waals surface area contributed by atoms with Crippen molar-refractivity contribution in [1.82, 2.24) is 9.29 Å². The number of halogens is 1. The van der Waals surface area contributed by atoms with Crippen molar-refractivity contribution in [3.05, 3.63) is 57.8 Å². The number of benzene rings is 1. The Morgan fingerprint density at radius 3 is 2.60 bits per heavy atom. The third kappa shape index (κ3) is 2.39. The molecule has 0 spiro atoms. The van der Waals surface area contributed by atoms with Crippen molar-refractivity contribution >= 4 is 26.0 Å². The Hall–Kier alpha value is -1.24. The Morgan fingerprint density at radius 1 is 1.20 bits per heavy atom. The lowest BCUT2D eigenvalue weighted by atomic mass is 10.2. The molecule has 3 rings (SSSR count). The van der Waals surface area contributed by atoms with Gasteiger partial charge in [-0.3, -0.25) is 4.98 Å². The summed E-state index contributed by atoms with van der Waals surface area (Å²) < 4.78 is 27.5. The second-order valence-corrected chi connectivity index (χ2v) is 7.70. The van der Waals surface area contributed by atoms with Gasteiger partial charge < -0.3 is 0 Å². The topological polar surface area (TPSA) is 50.3 Å². The van der Waals surface area contributed by atoms with E-state index >= 15 is 0 Å². The molecular formula is C14H13BrN2O2S. The second kappa shape index (κ2) is 4.95. The van der Waals surface area contributed by atoms with Gasteiger partial charge in [-0.2, -0.15) is 4.31 Å².